The van der Waals surface area contributed by atoms with E-state index in [4.69, 9.17) is 10.5 Å². The van der Waals surface area contributed by atoms with Crippen molar-refractivity contribution in [2.24, 2.45) is 5.73 Å². The van der Waals surface area contributed by atoms with Gasteiger partial charge in [0, 0.05) is 6.04 Å². The third kappa shape index (κ3) is 3.20. The lowest BCUT2D eigenvalue weighted by atomic mass is 10.1. The van der Waals surface area contributed by atoms with Gasteiger partial charge in [-0.3, -0.25) is 0 Å². The van der Waals surface area contributed by atoms with Gasteiger partial charge in [0.1, 0.15) is 0 Å². The van der Waals surface area contributed by atoms with Crippen LogP contribution < -0.4 is 10.5 Å². The Kier molecular flexibility index (Phi) is 4.74. The summed E-state index contributed by atoms with van der Waals surface area (Å²) in [4.78, 5) is 0. The molecule has 0 unspecified atom stereocenters. The Balaban J connectivity index is 2.82. The average molecular weight is 225 g/mol. The minimum Gasteiger partial charge on any atom is -0.487 e. The normalized spacial score (nSPS) is 12.9. The predicted octanol–water partition coefficient (Wildman–Crippen LogP) is 3.41. The van der Waals surface area contributed by atoms with Crippen LogP contribution in [0.15, 0.2) is 18.2 Å². The van der Waals surface area contributed by atoms with E-state index in [1.807, 2.05) is 26.8 Å². The first kappa shape index (κ1) is 13.0. The summed E-state index contributed by atoms with van der Waals surface area (Å²) >= 11 is 0. The molecule has 0 amide bonds. The summed E-state index contributed by atoms with van der Waals surface area (Å²) in [7, 11) is 0. The monoisotopic (exact) mass is 225 g/mol. The van der Waals surface area contributed by atoms with Gasteiger partial charge in [-0.25, -0.2) is 4.39 Å². The highest BCUT2D eigenvalue weighted by Crippen LogP contribution is 2.23. The number of hydrogen-bond acceptors (Lipinski definition) is 2. The molecule has 0 fully saturated rings. The molecule has 0 heterocycles. The van der Waals surface area contributed by atoms with E-state index in [-0.39, 0.29) is 18.0 Å². The van der Waals surface area contributed by atoms with Gasteiger partial charge in [-0.05, 0) is 37.5 Å². The quantitative estimate of drug-likeness (QED) is 0.833. The molecule has 1 aromatic rings. The van der Waals surface area contributed by atoms with Crippen LogP contribution in [-0.4, -0.2) is 6.10 Å². The third-order valence-corrected chi connectivity index (χ3v) is 2.69. The molecule has 0 radical (unpaired) electrons. The number of halogens is 1. The van der Waals surface area contributed by atoms with E-state index >= 15 is 0 Å². The Labute approximate surface area is 96.6 Å². The zero-order valence-electron chi connectivity index (χ0n) is 10.2. The summed E-state index contributed by atoms with van der Waals surface area (Å²) in [6.07, 6.45) is 1.84. The molecular weight excluding hydrogens is 205 g/mol. The lowest BCUT2D eigenvalue weighted by Crippen LogP contribution is -2.15. The van der Waals surface area contributed by atoms with Crippen molar-refractivity contribution in [2.45, 2.75) is 45.8 Å². The molecule has 0 aromatic heterocycles. The van der Waals surface area contributed by atoms with Crippen molar-refractivity contribution < 1.29 is 9.13 Å². The first-order valence-electron chi connectivity index (χ1n) is 5.80. The molecule has 1 rings (SSSR count). The van der Waals surface area contributed by atoms with E-state index in [0.29, 0.717) is 5.75 Å². The number of rotatable bonds is 5. The van der Waals surface area contributed by atoms with Crippen molar-refractivity contribution in [3.05, 3.63) is 29.6 Å². The number of ether oxygens (including phenoxy) is 1. The van der Waals surface area contributed by atoms with Crippen LogP contribution in [0.2, 0.25) is 0 Å². The Morgan fingerprint density at radius 3 is 2.38 bits per heavy atom. The average Bonchev–Trinajstić information content (AvgIpc) is 2.27. The van der Waals surface area contributed by atoms with Gasteiger partial charge in [0.2, 0.25) is 0 Å². The van der Waals surface area contributed by atoms with Crippen molar-refractivity contribution in [2.75, 3.05) is 0 Å². The Bertz CT molecular complexity index is 335. The fourth-order valence-corrected chi connectivity index (χ4v) is 1.53. The molecule has 0 aliphatic rings. The van der Waals surface area contributed by atoms with E-state index < -0.39 is 0 Å². The molecule has 1 atom stereocenters. The molecule has 3 heteroatoms. The molecule has 0 bridgehead atoms. The van der Waals surface area contributed by atoms with E-state index in [1.165, 1.54) is 6.07 Å². The fraction of sp³-hybridized carbons (Fsp3) is 0.538. The van der Waals surface area contributed by atoms with Crippen LogP contribution in [0.1, 0.15) is 45.2 Å². The van der Waals surface area contributed by atoms with E-state index in [0.717, 1.165) is 18.4 Å². The van der Waals surface area contributed by atoms with Crippen LogP contribution in [-0.2, 0) is 0 Å². The number of hydrogen-bond donors (Lipinski definition) is 1. The summed E-state index contributed by atoms with van der Waals surface area (Å²) in [5.41, 5.74) is 6.47. The van der Waals surface area contributed by atoms with E-state index in [1.54, 1.807) is 6.07 Å². The number of nitrogens with two attached hydrogens (primary N) is 1. The zero-order chi connectivity index (χ0) is 12.1. The molecule has 0 spiro atoms. The van der Waals surface area contributed by atoms with Crippen LogP contribution >= 0.6 is 0 Å². The SMILES string of the molecule is CCC(CC)Oc1ccc([C@@H](C)N)cc1F. The third-order valence-electron chi connectivity index (χ3n) is 2.69. The van der Waals surface area contributed by atoms with Crippen LogP contribution in [0.4, 0.5) is 4.39 Å². The first-order valence-corrected chi connectivity index (χ1v) is 5.80. The maximum absolute atomic E-state index is 13.7. The molecule has 0 aliphatic carbocycles. The highest BCUT2D eigenvalue weighted by atomic mass is 19.1. The van der Waals surface area contributed by atoms with Crippen molar-refractivity contribution >= 4 is 0 Å². The maximum Gasteiger partial charge on any atom is 0.165 e. The molecule has 0 aliphatic heterocycles. The van der Waals surface area contributed by atoms with Crippen molar-refractivity contribution in [3.8, 4) is 5.75 Å². The molecule has 90 valence electrons. The Morgan fingerprint density at radius 2 is 1.94 bits per heavy atom. The van der Waals surface area contributed by atoms with Crippen LogP contribution in [0, 0.1) is 5.82 Å². The second-order valence-electron chi connectivity index (χ2n) is 4.03. The topological polar surface area (TPSA) is 35.2 Å². The van der Waals surface area contributed by atoms with E-state index in [2.05, 4.69) is 0 Å². The molecule has 0 saturated carbocycles. The second-order valence-corrected chi connectivity index (χ2v) is 4.03. The van der Waals surface area contributed by atoms with Crippen LogP contribution in [0.5, 0.6) is 5.75 Å². The fourth-order valence-electron chi connectivity index (χ4n) is 1.53. The van der Waals surface area contributed by atoms with Gasteiger partial charge in [0.05, 0.1) is 6.10 Å². The number of benzene rings is 1. The molecule has 2 nitrogen and oxygen atoms in total. The Hall–Kier alpha value is -1.09. The van der Waals surface area contributed by atoms with Gasteiger partial charge in [-0.15, -0.1) is 0 Å². The van der Waals surface area contributed by atoms with Gasteiger partial charge < -0.3 is 10.5 Å². The summed E-state index contributed by atoms with van der Waals surface area (Å²) in [6.45, 7) is 5.89. The molecule has 16 heavy (non-hydrogen) atoms. The predicted molar refractivity (Wildman–Crippen MR) is 64.0 cm³/mol. The second kappa shape index (κ2) is 5.85. The Morgan fingerprint density at radius 1 is 1.31 bits per heavy atom. The zero-order valence-corrected chi connectivity index (χ0v) is 10.2. The summed E-state index contributed by atoms with van der Waals surface area (Å²) in [5, 5.41) is 0. The largest absolute Gasteiger partial charge is 0.487 e. The van der Waals surface area contributed by atoms with Gasteiger partial charge in [-0.2, -0.15) is 0 Å². The smallest absolute Gasteiger partial charge is 0.165 e. The van der Waals surface area contributed by atoms with Crippen LogP contribution in [0.3, 0.4) is 0 Å². The lowest BCUT2D eigenvalue weighted by molar-refractivity contribution is 0.184. The highest BCUT2D eigenvalue weighted by molar-refractivity contribution is 5.30. The van der Waals surface area contributed by atoms with Crippen molar-refractivity contribution in [3.63, 3.8) is 0 Å². The summed E-state index contributed by atoms with van der Waals surface area (Å²) < 4.78 is 19.2. The minimum absolute atomic E-state index is 0.0793. The summed E-state index contributed by atoms with van der Waals surface area (Å²) in [5.74, 6) is -0.0141. The van der Waals surface area contributed by atoms with Gasteiger partial charge in [0.15, 0.2) is 11.6 Å². The van der Waals surface area contributed by atoms with Gasteiger partial charge in [-0.1, -0.05) is 19.9 Å². The maximum atomic E-state index is 13.7. The van der Waals surface area contributed by atoms with Gasteiger partial charge in [0.25, 0.3) is 0 Å². The first-order chi connectivity index (χ1) is 7.58. The molecular formula is C13H20FNO. The lowest BCUT2D eigenvalue weighted by Gasteiger charge is -2.17. The minimum atomic E-state index is -0.332. The molecule has 1 aromatic carbocycles. The van der Waals surface area contributed by atoms with E-state index in [9.17, 15) is 4.39 Å². The van der Waals surface area contributed by atoms with Crippen LogP contribution in [0.25, 0.3) is 0 Å². The van der Waals surface area contributed by atoms with Gasteiger partial charge >= 0.3 is 0 Å². The molecule has 2 N–H and O–H groups in total. The molecule has 0 saturated heterocycles. The summed E-state index contributed by atoms with van der Waals surface area (Å²) in [6, 6.07) is 4.76. The standard InChI is InChI=1S/C13H20FNO/c1-4-11(5-2)16-13-7-6-10(9(3)15)8-12(13)14/h6-9,11H,4-5,15H2,1-3H3/t9-/m1/s1. The van der Waals surface area contributed by atoms with Crippen molar-refractivity contribution in [1.29, 1.82) is 0 Å². The highest BCUT2D eigenvalue weighted by Gasteiger charge is 2.11. The van der Waals surface area contributed by atoms with Crippen molar-refractivity contribution in [1.82, 2.24) is 0 Å².